The van der Waals surface area contributed by atoms with Crippen molar-refractivity contribution in [1.82, 2.24) is 10.3 Å². The second kappa shape index (κ2) is 8.49. The summed E-state index contributed by atoms with van der Waals surface area (Å²) >= 11 is 5.80. The maximum atomic E-state index is 13.6. The lowest BCUT2D eigenvalue weighted by Gasteiger charge is -2.23. The number of ether oxygens (including phenoxy) is 1. The summed E-state index contributed by atoms with van der Waals surface area (Å²) in [5.74, 6) is -0.914. The number of alkyl halides is 3. The first kappa shape index (κ1) is 21.2. The number of aromatic nitrogens is 1. The van der Waals surface area contributed by atoms with Crippen LogP contribution in [0.25, 0.3) is 0 Å². The molecule has 2 N–H and O–H groups in total. The summed E-state index contributed by atoms with van der Waals surface area (Å²) in [4.78, 5) is 26.2. The second-order valence-electron chi connectivity index (χ2n) is 6.87. The van der Waals surface area contributed by atoms with Crippen molar-refractivity contribution in [3.63, 3.8) is 0 Å². The smallest absolute Gasteiger partial charge is 0.419 e. The Morgan fingerprint density at radius 2 is 2.00 bits per heavy atom. The van der Waals surface area contributed by atoms with Gasteiger partial charge in [0.1, 0.15) is 10.8 Å². The zero-order valence-corrected chi connectivity index (χ0v) is 16.4. The number of nitrogens with one attached hydrogen (secondary N) is 2. The molecule has 0 saturated carbocycles. The molecule has 156 valence electrons. The Kier molecular flexibility index (Phi) is 6.21. The third-order valence-corrected chi connectivity index (χ3v) is 5.17. The van der Waals surface area contributed by atoms with Crippen LogP contribution in [-0.4, -0.2) is 23.5 Å². The molecule has 1 amide bonds. The number of halogens is 4. The van der Waals surface area contributed by atoms with Gasteiger partial charge in [-0.3, -0.25) is 9.59 Å². The number of H-pyrrole nitrogens is 1. The Morgan fingerprint density at radius 1 is 1.24 bits per heavy atom. The van der Waals surface area contributed by atoms with Gasteiger partial charge in [-0.15, -0.1) is 0 Å². The van der Waals surface area contributed by atoms with Crippen molar-refractivity contribution in [1.29, 1.82) is 0 Å². The van der Waals surface area contributed by atoms with Crippen LogP contribution in [-0.2, 0) is 11.0 Å². The Bertz CT molecular complexity index is 959. The minimum atomic E-state index is -4.60. The molecular weight excluding hydrogens is 409 g/mol. The van der Waals surface area contributed by atoms with Crippen LogP contribution in [0.3, 0.4) is 0 Å². The van der Waals surface area contributed by atoms with E-state index in [1.807, 2.05) is 0 Å². The van der Waals surface area contributed by atoms with Crippen LogP contribution >= 0.6 is 11.6 Å². The summed E-state index contributed by atoms with van der Waals surface area (Å²) in [7, 11) is 0. The van der Waals surface area contributed by atoms with Gasteiger partial charge in [-0.1, -0.05) is 17.7 Å². The van der Waals surface area contributed by atoms with Gasteiger partial charge in [0.25, 0.3) is 5.56 Å². The summed E-state index contributed by atoms with van der Waals surface area (Å²) in [5, 5.41) is 2.81. The number of hydrogen-bond donors (Lipinski definition) is 2. The molecular formula is C20H20ClF3N2O3. The molecule has 1 aromatic carbocycles. The van der Waals surface area contributed by atoms with E-state index >= 15 is 0 Å². The van der Waals surface area contributed by atoms with Gasteiger partial charge < -0.3 is 15.0 Å². The van der Waals surface area contributed by atoms with Gasteiger partial charge >= 0.3 is 6.18 Å². The Labute approximate surface area is 170 Å². The number of benzene rings is 1. The van der Waals surface area contributed by atoms with E-state index in [0.717, 1.165) is 6.07 Å². The molecule has 2 heterocycles. The van der Waals surface area contributed by atoms with Crippen LogP contribution in [0, 0.1) is 0 Å². The molecule has 29 heavy (non-hydrogen) atoms. The quantitative estimate of drug-likeness (QED) is 0.722. The maximum Gasteiger partial charge on any atom is 0.419 e. The predicted octanol–water partition coefficient (Wildman–Crippen LogP) is 4.25. The van der Waals surface area contributed by atoms with Gasteiger partial charge in [-0.2, -0.15) is 13.2 Å². The number of carbonyl (C=O) groups excluding carboxylic acids is 1. The van der Waals surface area contributed by atoms with E-state index < -0.39 is 23.2 Å². The minimum Gasteiger partial charge on any atom is -0.493 e. The van der Waals surface area contributed by atoms with Gasteiger partial charge in [0.05, 0.1) is 12.2 Å². The Balaban J connectivity index is 2.06. The monoisotopic (exact) mass is 428 g/mol. The van der Waals surface area contributed by atoms with Crippen molar-refractivity contribution in [2.75, 3.05) is 6.61 Å². The second-order valence-corrected chi connectivity index (χ2v) is 7.28. The fourth-order valence-corrected chi connectivity index (χ4v) is 3.63. The highest BCUT2D eigenvalue weighted by Crippen LogP contribution is 2.40. The van der Waals surface area contributed by atoms with Crippen LogP contribution in [0.1, 0.15) is 48.9 Å². The SMILES string of the molecule is CCOc1ccc(C(C[C@H]2CCC(=O)N2)c2ccc(Cl)c(=O)[nH]2)cc1C(F)(F)F. The molecule has 1 aromatic heterocycles. The van der Waals surface area contributed by atoms with Gasteiger partial charge in [0.2, 0.25) is 5.91 Å². The van der Waals surface area contributed by atoms with E-state index in [9.17, 15) is 22.8 Å². The van der Waals surface area contributed by atoms with Crippen molar-refractivity contribution >= 4 is 17.5 Å². The van der Waals surface area contributed by atoms with Gasteiger partial charge in [0.15, 0.2) is 0 Å². The summed E-state index contributed by atoms with van der Waals surface area (Å²) in [5.41, 5.74) is -0.613. The molecule has 1 saturated heterocycles. The van der Waals surface area contributed by atoms with Crippen LogP contribution in [0.5, 0.6) is 5.75 Å². The fraction of sp³-hybridized carbons (Fsp3) is 0.400. The normalized spacial score (nSPS) is 17.8. The van der Waals surface area contributed by atoms with Crippen LogP contribution in [0.2, 0.25) is 5.02 Å². The van der Waals surface area contributed by atoms with E-state index in [1.165, 1.54) is 12.1 Å². The standard InChI is InChI=1S/C20H20ClF3N2O3/c1-2-29-17-7-3-11(9-14(17)20(22,23)24)13(10-12-4-8-18(27)25-12)16-6-5-15(21)19(28)26-16/h3,5-7,9,12-13H,2,4,8,10H2,1H3,(H,25,27)(H,26,28)/t12-,13?/m1/s1. The first-order chi connectivity index (χ1) is 13.7. The van der Waals surface area contributed by atoms with E-state index in [4.69, 9.17) is 16.3 Å². The van der Waals surface area contributed by atoms with E-state index in [-0.39, 0.29) is 29.3 Å². The topological polar surface area (TPSA) is 71.2 Å². The van der Waals surface area contributed by atoms with Crippen molar-refractivity contribution in [2.24, 2.45) is 0 Å². The fourth-order valence-electron chi connectivity index (χ4n) is 3.52. The average molecular weight is 429 g/mol. The Morgan fingerprint density at radius 3 is 2.59 bits per heavy atom. The number of rotatable bonds is 6. The molecule has 0 spiro atoms. The lowest BCUT2D eigenvalue weighted by Crippen LogP contribution is -2.28. The molecule has 0 bridgehead atoms. The zero-order chi connectivity index (χ0) is 21.2. The maximum absolute atomic E-state index is 13.6. The Hall–Kier alpha value is -2.48. The zero-order valence-electron chi connectivity index (χ0n) is 15.6. The highest BCUT2D eigenvalue weighted by Gasteiger charge is 2.36. The molecule has 1 fully saturated rings. The summed E-state index contributed by atoms with van der Waals surface area (Å²) in [6.45, 7) is 1.71. The van der Waals surface area contributed by atoms with Gasteiger partial charge in [0, 0.05) is 24.1 Å². The van der Waals surface area contributed by atoms with Gasteiger partial charge in [-0.05, 0) is 49.6 Å². The number of hydrogen-bond acceptors (Lipinski definition) is 3. The van der Waals surface area contributed by atoms with Crippen molar-refractivity contribution in [3.8, 4) is 5.75 Å². The van der Waals surface area contributed by atoms with E-state index in [0.29, 0.717) is 30.5 Å². The molecule has 0 aliphatic carbocycles. The number of carbonyl (C=O) groups is 1. The van der Waals surface area contributed by atoms with Crippen LogP contribution in [0.4, 0.5) is 13.2 Å². The number of aromatic amines is 1. The summed E-state index contributed by atoms with van der Waals surface area (Å²) < 4.78 is 45.9. The molecule has 1 aliphatic heterocycles. The third kappa shape index (κ3) is 4.93. The molecule has 2 aromatic rings. The van der Waals surface area contributed by atoms with Crippen molar-refractivity contribution < 1.29 is 22.7 Å². The highest BCUT2D eigenvalue weighted by atomic mass is 35.5. The summed E-state index contributed by atoms with van der Waals surface area (Å²) in [6.07, 6.45) is -3.31. The molecule has 9 heteroatoms. The van der Waals surface area contributed by atoms with Crippen LogP contribution < -0.4 is 15.6 Å². The molecule has 1 unspecified atom stereocenters. The predicted molar refractivity (Wildman–Crippen MR) is 102 cm³/mol. The lowest BCUT2D eigenvalue weighted by molar-refractivity contribution is -0.139. The van der Waals surface area contributed by atoms with Crippen LogP contribution in [0.15, 0.2) is 35.1 Å². The van der Waals surface area contributed by atoms with Crippen molar-refractivity contribution in [3.05, 3.63) is 62.5 Å². The summed E-state index contributed by atoms with van der Waals surface area (Å²) in [6, 6.07) is 6.67. The molecule has 5 nitrogen and oxygen atoms in total. The molecule has 1 aliphatic rings. The van der Waals surface area contributed by atoms with E-state index in [2.05, 4.69) is 10.3 Å². The first-order valence-electron chi connectivity index (χ1n) is 9.21. The highest BCUT2D eigenvalue weighted by molar-refractivity contribution is 6.30. The average Bonchev–Trinajstić information content (AvgIpc) is 3.07. The minimum absolute atomic E-state index is 0.00987. The largest absolute Gasteiger partial charge is 0.493 e. The molecule has 2 atom stereocenters. The number of amides is 1. The third-order valence-electron chi connectivity index (χ3n) is 4.88. The van der Waals surface area contributed by atoms with Crippen molar-refractivity contribution in [2.45, 2.75) is 44.3 Å². The van der Waals surface area contributed by atoms with E-state index in [1.54, 1.807) is 19.1 Å². The molecule has 0 radical (unpaired) electrons. The molecule has 3 rings (SSSR count). The van der Waals surface area contributed by atoms with Gasteiger partial charge in [-0.25, -0.2) is 0 Å². The first-order valence-corrected chi connectivity index (χ1v) is 9.59. The lowest BCUT2D eigenvalue weighted by atomic mass is 9.87. The number of pyridine rings is 1.